The third-order valence-electron chi connectivity index (χ3n) is 1.07. The molecule has 0 radical (unpaired) electrons. The van der Waals surface area contributed by atoms with Gasteiger partial charge in [-0.15, -0.1) is 0 Å². The Kier molecular flexibility index (Phi) is 3.74. The summed E-state index contributed by atoms with van der Waals surface area (Å²) in [6.07, 6.45) is 0. The van der Waals surface area contributed by atoms with Gasteiger partial charge < -0.3 is 0 Å². The molecule has 0 aromatic heterocycles. The zero-order chi connectivity index (χ0) is 8.10. The topological polar surface area (TPSA) is 26.3 Å². The van der Waals surface area contributed by atoms with Crippen LogP contribution in [-0.2, 0) is 9.09 Å². The summed E-state index contributed by atoms with van der Waals surface area (Å²) in [4.78, 5) is 0. The molecule has 0 saturated carbocycles. The van der Waals surface area contributed by atoms with Crippen LogP contribution in [0.4, 0.5) is 0 Å². The van der Waals surface area contributed by atoms with Gasteiger partial charge in [0.15, 0.2) is 0 Å². The van der Waals surface area contributed by atoms with E-state index in [2.05, 4.69) is 0 Å². The Balaban J connectivity index is 2.58. The van der Waals surface area contributed by atoms with Crippen molar-refractivity contribution in [1.82, 2.24) is 0 Å². The average Bonchev–Trinajstić information content (AvgIpc) is 2.06. The summed E-state index contributed by atoms with van der Waals surface area (Å²) in [6.45, 7) is -1.44. The summed E-state index contributed by atoms with van der Waals surface area (Å²) in [7, 11) is 1.48. The van der Waals surface area contributed by atoms with Crippen molar-refractivity contribution < 1.29 is 9.09 Å². The maximum absolute atomic E-state index is 10.9. The normalized spacial score (nSPS) is 11.2. The van der Waals surface area contributed by atoms with Gasteiger partial charge in [-0.05, 0) is 0 Å². The molecule has 4 heteroatoms. The van der Waals surface area contributed by atoms with E-state index in [1.807, 2.05) is 30.3 Å². The summed E-state index contributed by atoms with van der Waals surface area (Å²) < 4.78 is 16.7. The summed E-state index contributed by atoms with van der Waals surface area (Å²) in [5.74, 6) is 0. The molecular formula is C7H8O2PSe+. The van der Waals surface area contributed by atoms with E-state index in [9.17, 15) is 4.57 Å². The van der Waals surface area contributed by atoms with Gasteiger partial charge in [0.1, 0.15) is 0 Å². The van der Waals surface area contributed by atoms with Gasteiger partial charge in [0.25, 0.3) is 0 Å². The maximum atomic E-state index is 10.9. The van der Waals surface area contributed by atoms with Gasteiger partial charge in [0.2, 0.25) is 0 Å². The third kappa shape index (κ3) is 3.13. The quantitative estimate of drug-likeness (QED) is 0.582. The van der Waals surface area contributed by atoms with Crippen molar-refractivity contribution in [3.8, 4) is 0 Å². The van der Waals surface area contributed by atoms with Crippen LogP contribution in [0.5, 0.6) is 0 Å². The molecule has 0 spiro atoms. The van der Waals surface area contributed by atoms with Gasteiger partial charge >= 0.3 is 72.2 Å². The van der Waals surface area contributed by atoms with E-state index in [4.69, 9.17) is 4.52 Å². The second-order valence-electron chi connectivity index (χ2n) is 1.81. The minimum absolute atomic E-state index is 0.0364. The Morgan fingerprint density at radius 1 is 1.36 bits per heavy atom. The van der Waals surface area contributed by atoms with Crippen molar-refractivity contribution >= 4 is 25.7 Å². The second-order valence-corrected chi connectivity index (χ2v) is 6.82. The molecule has 2 nitrogen and oxygen atoms in total. The Hall–Kier alpha value is -0.201. The Morgan fingerprint density at radius 2 is 2.00 bits per heavy atom. The van der Waals surface area contributed by atoms with E-state index in [1.54, 1.807) is 0 Å². The first-order chi connectivity index (χ1) is 5.33. The number of hydrogen-bond donors (Lipinski definition) is 0. The zero-order valence-corrected chi connectivity index (χ0v) is 8.67. The molecule has 0 aliphatic rings. The van der Waals surface area contributed by atoms with Gasteiger partial charge in [0, 0.05) is 0 Å². The molecule has 58 valence electrons. The second kappa shape index (κ2) is 4.63. The fourth-order valence-corrected chi connectivity index (χ4v) is 3.62. The number of hydrogen-bond acceptors (Lipinski definition) is 2. The van der Waals surface area contributed by atoms with Crippen LogP contribution in [0.15, 0.2) is 30.3 Å². The third-order valence-corrected chi connectivity index (χ3v) is 5.50. The summed E-state index contributed by atoms with van der Waals surface area (Å²) in [6, 6.07) is 9.75. The molecule has 0 bridgehead atoms. The molecule has 0 N–H and O–H groups in total. The minimum atomic E-state index is -1.44. The van der Waals surface area contributed by atoms with Crippen LogP contribution in [-0.4, -0.2) is 21.6 Å². The van der Waals surface area contributed by atoms with Crippen LogP contribution in [0.3, 0.4) is 0 Å². The van der Waals surface area contributed by atoms with Crippen LogP contribution >= 0.6 is 6.72 Å². The van der Waals surface area contributed by atoms with E-state index in [0.29, 0.717) is 0 Å². The van der Waals surface area contributed by atoms with E-state index in [-0.39, 0.29) is 14.5 Å². The van der Waals surface area contributed by atoms with Gasteiger partial charge in [0.05, 0.1) is 0 Å². The van der Waals surface area contributed by atoms with Crippen molar-refractivity contribution in [3.05, 3.63) is 30.3 Å². The summed E-state index contributed by atoms with van der Waals surface area (Å²) in [5.41, 5.74) is 0. The van der Waals surface area contributed by atoms with E-state index in [1.165, 1.54) is 7.11 Å². The van der Waals surface area contributed by atoms with Gasteiger partial charge in [-0.25, -0.2) is 0 Å². The standard InChI is InChI=1S/C7H8O2PSe/c1-9-10(8)11-7-5-3-2-4-6-7/h2-6H,1H3/q+1. The first-order valence-corrected chi connectivity index (χ1v) is 7.32. The summed E-state index contributed by atoms with van der Waals surface area (Å²) >= 11 is -0.0364. The molecule has 1 aromatic carbocycles. The molecule has 1 atom stereocenters. The predicted octanol–water partition coefficient (Wildman–Crippen LogP) is 1.32. The molecule has 0 aliphatic carbocycles. The van der Waals surface area contributed by atoms with Crippen molar-refractivity contribution in [2.75, 3.05) is 7.11 Å². The SMILES string of the molecule is CO[P+](=O)[Se]c1ccccc1. The first kappa shape index (κ1) is 8.89. The van der Waals surface area contributed by atoms with Crippen LogP contribution in [0, 0.1) is 0 Å². The molecule has 1 aromatic rings. The van der Waals surface area contributed by atoms with E-state index in [0.717, 1.165) is 4.46 Å². The van der Waals surface area contributed by atoms with Crippen molar-refractivity contribution in [2.24, 2.45) is 0 Å². The molecule has 0 saturated heterocycles. The van der Waals surface area contributed by atoms with Crippen molar-refractivity contribution in [3.63, 3.8) is 0 Å². The van der Waals surface area contributed by atoms with Crippen LogP contribution in [0.1, 0.15) is 0 Å². The van der Waals surface area contributed by atoms with Crippen LogP contribution in [0.2, 0.25) is 0 Å². The van der Waals surface area contributed by atoms with E-state index >= 15 is 0 Å². The molecule has 0 aliphatic heterocycles. The van der Waals surface area contributed by atoms with Crippen LogP contribution in [0.25, 0.3) is 0 Å². The molecule has 1 unspecified atom stereocenters. The van der Waals surface area contributed by atoms with Crippen LogP contribution < -0.4 is 4.46 Å². The van der Waals surface area contributed by atoms with Gasteiger partial charge in [-0.2, -0.15) is 0 Å². The fourth-order valence-electron chi connectivity index (χ4n) is 0.605. The van der Waals surface area contributed by atoms with Crippen molar-refractivity contribution in [2.45, 2.75) is 0 Å². The molecular weight excluding hydrogens is 226 g/mol. The average molecular weight is 234 g/mol. The van der Waals surface area contributed by atoms with E-state index < -0.39 is 6.72 Å². The molecule has 1 rings (SSSR count). The number of benzene rings is 1. The monoisotopic (exact) mass is 235 g/mol. The molecule has 11 heavy (non-hydrogen) atoms. The summed E-state index contributed by atoms with van der Waals surface area (Å²) in [5, 5.41) is 0. The molecule has 0 amide bonds. The molecule has 0 heterocycles. The molecule has 0 fully saturated rings. The first-order valence-electron chi connectivity index (χ1n) is 3.07. The Labute approximate surface area is 72.6 Å². The Bertz CT molecular complexity index is 237. The fraction of sp³-hybridized carbons (Fsp3) is 0.143. The van der Waals surface area contributed by atoms with Gasteiger partial charge in [-0.3, -0.25) is 0 Å². The predicted molar refractivity (Wildman–Crippen MR) is 46.4 cm³/mol. The Morgan fingerprint density at radius 3 is 2.55 bits per heavy atom. The van der Waals surface area contributed by atoms with Gasteiger partial charge in [-0.1, -0.05) is 0 Å². The number of rotatable bonds is 3. The zero-order valence-electron chi connectivity index (χ0n) is 6.06. The van der Waals surface area contributed by atoms with Crippen molar-refractivity contribution in [1.29, 1.82) is 0 Å².